The van der Waals surface area contributed by atoms with Crippen molar-refractivity contribution in [2.75, 3.05) is 0 Å². The molecule has 0 N–H and O–H groups in total. The zero-order valence-electron chi connectivity index (χ0n) is 16.0. The maximum absolute atomic E-state index is 2.37. The van der Waals surface area contributed by atoms with Gasteiger partial charge >= 0.3 is 0 Å². The molecule has 2 heteroatoms. The summed E-state index contributed by atoms with van der Waals surface area (Å²) >= 11 is 0. The minimum Gasteiger partial charge on any atom is -1.00 e. The highest BCUT2D eigenvalue weighted by Crippen LogP contribution is 2.38. The third-order valence-corrected chi connectivity index (χ3v) is 7.53. The molecule has 0 unspecified atom stereocenters. The zero-order valence-corrected chi connectivity index (χ0v) is 19.2. The van der Waals surface area contributed by atoms with Crippen LogP contribution in [0.1, 0.15) is 50.7 Å². The van der Waals surface area contributed by atoms with Gasteiger partial charge in [0, 0.05) is 5.56 Å². The summed E-state index contributed by atoms with van der Waals surface area (Å²) in [6.45, 7) is 9.28. The van der Waals surface area contributed by atoms with Gasteiger partial charge in [-0.05, 0) is 47.7 Å². The van der Waals surface area contributed by atoms with Gasteiger partial charge in [0.2, 0.25) is 0 Å². The minimum absolute atomic E-state index is 0. The Labute approximate surface area is 176 Å². The molecular weight excluding hydrogens is 446 g/mol. The zero-order chi connectivity index (χ0) is 17.8. The molecule has 0 heterocycles. The van der Waals surface area contributed by atoms with Crippen LogP contribution in [0.15, 0.2) is 78.9 Å². The fourth-order valence-electron chi connectivity index (χ4n) is 3.64. The van der Waals surface area contributed by atoms with E-state index < -0.39 is 7.92 Å². The predicted molar refractivity (Wildman–Crippen MR) is 115 cm³/mol. The Morgan fingerprint density at radius 1 is 0.577 bits per heavy atom. The van der Waals surface area contributed by atoms with Crippen LogP contribution in [0.2, 0.25) is 0 Å². The summed E-state index contributed by atoms with van der Waals surface area (Å²) in [5.41, 5.74) is 3.06. The Bertz CT molecular complexity index is 771. The molecule has 0 saturated heterocycles. The van der Waals surface area contributed by atoms with Crippen molar-refractivity contribution in [3.63, 3.8) is 0 Å². The van der Waals surface area contributed by atoms with Gasteiger partial charge in [-0.25, -0.2) is 0 Å². The second-order valence-electron chi connectivity index (χ2n) is 7.22. The summed E-state index contributed by atoms with van der Waals surface area (Å²) in [5.74, 6) is 1.08. The normalized spacial score (nSPS) is 11.0. The van der Waals surface area contributed by atoms with Gasteiger partial charge in [0.25, 0.3) is 0 Å². The van der Waals surface area contributed by atoms with E-state index in [1.165, 1.54) is 16.2 Å². The third-order valence-electron chi connectivity index (χ3n) is 4.73. The van der Waals surface area contributed by atoms with Crippen LogP contribution in [-0.4, -0.2) is 0 Å². The lowest BCUT2D eigenvalue weighted by Crippen LogP contribution is -3.00. The summed E-state index contributed by atoms with van der Waals surface area (Å²) in [6.07, 6.45) is 0. The van der Waals surface area contributed by atoms with Crippen LogP contribution in [0.25, 0.3) is 0 Å². The molecule has 0 aromatic heterocycles. The van der Waals surface area contributed by atoms with Crippen LogP contribution in [0.5, 0.6) is 0 Å². The van der Waals surface area contributed by atoms with Gasteiger partial charge in [-0.1, -0.05) is 76.2 Å². The van der Waals surface area contributed by atoms with Gasteiger partial charge in [0.05, 0.1) is 7.92 Å². The average molecular weight is 474 g/mol. The Hall–Kier alpha value is -1.18. The molecule has 0 amide bonds. The largest absolute Gasteiger partial charge is 1.00 e. The molecule has 3 rings (SSSR count). The van der Waals surface area contributed by atoms with Gasteiger partial charge in [-0.3, -0.25) is 0 Å². The van der Waals surface area contributed by atoms with Gasteiger partial charge in [0.1, 0.15) is 15.9 Å². The van der Waals surface area contributed by atoms with Crippen molar-refractivity contribution < 1.29 is 24.0 Å². The molecule has 26 heavy (non-hydrogen) atoms. The lowest BCUT2D eigenvalue weighted by molar-refractivity contribution is -0.00000515. The summed E-state index contributed by atoms with van der Waals surface area (Å²) in [5, 5.41) is 4.46. The van der Waals surface area contributed by atoms with Crippen LogP contribution in [-0.2, 0) is 0 Å². The van der Waals surface area contributed by atoms with Crippen molar-refractivity contribution in [1.29, 1.82) is 0 Å². The van der Waals surface area contributed by atoms with Gasteiger partial charge in [-0.2, -0.15) is 0 Å². The van der Waals surface area contributed by atoms with Gasteiger partial charge < -0.3 is 24.0 Å². The van der Waals surface area contributed by atoms with E-state index in [1.807, 2.05) is 0 Å². The summed E-state index contributed by atoms with van der Waals surface area (Å²) < 4.78 is 0. The first-order chi connectivity index (χ1) is 12.1. The maximum Gasteiger partial charge on any atom is 0.106 e. The third kappa shape index (κ3) is 4.56. The molecule has 0 spiro atoms. The van der Waals surface area contributed by atoms with Crippen LogP contribution in [0.3, 0.4) is 0 Å². The smallest absolute Gasteiger partial charge is 0.106 e. The lowest BCUT2D eigenvalue weighted by Gasteiger charge is -2.21. The summed E-state index contributed by atoms with van der Waals surface area (Å²) in [6, 6.07) is 29.1. The van der Waals surface area contributed by atoms with E-state index in [2.05, 4.69) is 107 Å². The second kappa shape index (κ2) is 9.67. The van der Waals surface area contributed by atoms with Crippen LogP contribution in [0, 0.1) is 0 Å². The number of benzene rings is 3. The summed E-state index contributed by atoms with van der Waals surface area (Å²) in [7, 11) is -1.01. The fourth-order valence-corrected chi connectivity index (χ4v) is 6.61. The molecule has 0 aliphatic heterocycles. The Morgan fingerprint density at radius 2 is 1.08 bits per heavy atom. The average Bonchev–Trinajstić information content (AvgIpc) is 2.63. The number of hydrogen-bond acceptors (Lipinski definition) is 0. The highest BCUT2D eigenvalue weighted by molar-refractivity contribution is 7.79. The van der Waals surface area contributed by atoms with Gasteiger partial charge in [0.15, 0.2) is 0 Å². The molecule has 0 fully saturated rings. The van der Waals surface area contributed by atoms with E-state index in [1.54, 1.807) is 10.9 Å². The first-order valence-electron chi connectivity index (χ1n) is 9.20. The minimum atomic E-state index is -1.01. The molecule has 0 atom stereocenters. The standard InChI is InChI=1S/C24H27P.HI/c1-18(2)22-16-11-17-23(24(22)19(3)4)25(20-12-7-5-8-13-20)21-14-9-6-10-15-21;/h5-19H,1-4H3;1H. The highest BCUT2D eigenvalue weighted by Gasteiger charge is 2.30. The molecule has 136 valence electrons. The van der Waals surface area contributed by atoms with Crippen LogP contribution in [0.4, 0.5) is 0 Å². The Kier molecular flexibility index (Phi) is 7.85. The molecule has 0 nitrogen and oxygen atoms in total. The SMILES string of the molecule is CC(C)c1cccc([PH+](c2ccccc2)c2ccccc2)c1C(C)C.[I-]. The van der Waals surface area contributed by atoms with Crippen molar-refractivity contribution in [2.45, 2.75) is 39.5 Å². The van der Waals surface area contributed by atoms with Crippen molar-refractivity contribution in [1.82, 2.24) is 0 Å². The van der Waals surface area contributed by atoms with E-state index in [0.717, 1.165) is 0 Å². The van der Waals surface area contributed by atoms with Crippen molar-refractivity contribution in [3.05, 3.63) is 90.0 Å². The predicted octanol–water partition coefficient (Wildman–Crippen LogP) is 2.43. The molecule has 0 radical (unpaired) electrons. The number of rotatable bonds is 5. The molecule has 3 aromatic rings. The van der Waals surface area contributed by atoms with Crippen LogP contribution >= 0.6 is 7.92 Å². The second-order valence-corrected chi connectivity index (χ2v) is 9.67. The quantitative estimate of drug-likeness (QED) is 0.394. The lowest BCUT2D eigenvalue weighted by atomic mass is 9.91. The van der Waals surface area contributed by atoms with Crippen LogP contribution < -0.4 is 39.9 Å². The maximum atomic E-state index is 2.37. The van der Waals surface area contributed by atoms with E-state index >= 15 is 0 Å². The first-order valence-corrected chi connectivity index (χ1v) is 10.7. The molecule has 0 aliphatic rings. The molecule has 0 saturated carbocycles. The topological polar surface area (TPSA) is 0 Å². The van der Waals surface area contributed by atoms with Crippen molar-refractivity contribution in [3.8, 4) is 0 Å². The summed E-state index contributed by atoms with van der Waals surface area (Å²) in [4.78, 5) is 0. The van der Waals surface area contributed by atoms with E-state index in [9.17, 15) is 0 Å². The fraction of sp³-hybridized carbons (Fsp3) is 0.250. The number of halogens is 1. The Balaban J connectivity index is 0.00000243. The van der Waals surface area contributed by atoms with Gasteiger partial charge in [-0.15, -0.1) is 0 Å². The highest BCUT2D eigenvalue weighted by atomic mass is 127. The van der Waals surface area contributed by atoms with Crippen molar-refractivity contribution >= 4 is 23.8 Å². The van der Waals surface area contributed by atoms with E-state index in [4.69, 9.17) is 0 Å². The van der Waals surface area contributed by atoms with Crippen molar-refractivity contribution in [2.24, 2.45) is 0 Å². The Morgan fingerprint density at radius 3 is 1.50 bits per heavy atom. The molecular formula is C24H28IP. The molecule has 0 bridgehead atoms. The first kappa shape index (κ1) is 21.1. The molecule has 3 aromatic carbocycles. The molecule has 0 aliphatic carbocycles. The monoisotopic (exact) mass is 474 g/mol. The van der Waals surface area contributed by atoms with E-state index in [-0.39, 0.29) is 24.0 Å². The number of hydrogen-bond donors (Lipinski definition) is 0. The van der Waals surface area contributed by atoms with E-state index in [0.29, 0.717) is 11.8 Å².